The van der Waals surface area contributed by atoms with Crippen LogP contribution >= 0.6 is 27.3 Å². The van der Waals surface area contributed by atoms with Gasteiger partial charge in [0, 0.05) is 33.0 Å². The molecule has 0 N–H and O–H groups in total. The fourth-order valence-electron chi connectivity index (χ4n) is 2.65. The van der Waals surface area contributed by atoms with Gasteiger partial charge in [-0.3, -0.25) is 0 Å². The average molecular weight is 447 g/mol. The molecule has 0 saturated carbocycles. The van der Waals surface area contributed by atoms with Gasteiger partial charge in [0.05, 0.1) is 10.3 Å². The van der Waals surface area contributed by atoms with E-state index in [0.29, 0.717) is 29.0 Å². The Balaban J connectivity index is 1.76. The predicted octanol–water partition coefficient (Wildman–Crippen LogP) is 2.60. The number of thiophene rings is 1. The SMILES string of the molecule is CN(C)c1nccnc1OC1CCCN(S(=O)(=O)c2ccc(Br)s2)C1. The van der Waals surface area contributed by atoms with Crippen LogP contribution in [0.5, 0.6) is 5.88 Å². The average Bonchev–Trinajstić information content (AvgIpc) is 3.03. The minimum absolute atomic E-state index is 0.248. The Morgan fingerprint density at radius 2 is 2.08 bits per heavy atom. The van der Waals surface area contributed by atoms with E-state index < -0.39 is 10.0 Å². The highest BCUT2D eigenvalue weighted by Crippen LogP contribution is 2.31. The summed E-state index contributed by atoms with van der Waals surface area (Å²) in [4.78, 5) is 10.3. The number of halogens is 1. The summed E-state index contributed by atoms with van der Waals surface area (Å²) in [5.41, 5.74) is 0. The maximum absolute atomic E-state index is 12.8. The molecule has 1 fully saturated rings. The molecule has 3 rings (SSSR count). The van der Waals surface area contributed by atoms with E-state index in [9.17, 15) is 8.42 Å². The van der Waals surface area contributed by atoms with Crippen LogP contribution in [-0.4, -0.2) is 56.0 Å². The van der Waals surface area contributed by atoms with Gasteiger partial charge in [-0.05, 0) is 40.9 Å². The van der Waals surface area contributed by atoms with Crippen molar-refractivity contribution in [1.29, 1.82) is 0 Å². The van der Waals surface area contributed by atoms with Gasteiger partial charge in [0.2, 0.25) is 0 Å². The highest BCUT2D eigenvalue weighted by atomic mass is 79.9. The minimum Gasteiger partial charge on any atom is -0.470 e. The topological polar surface area (TPSA) is 75.6 Å². The van der Waals surface area contributed by atoms with Gasteiger partial charge in [0.25, 0.3) is 15.9 Å². The summed E-state index contributed by atoms with van der Waals surface area (Å²) in [5, 5.41) is 0. The molecule has 1 saturated heterocycles. The van der Waals surface area contributed by atoms with E-state index in [0.717, 1.165) is 16.6 Å². The number of aromatic nitrogens is 2. The summed E-state index contributed by atoms with van der Waals surface area (Å²) < 4.78 is 34.2. The standard InChI is InChI=1S/C15H19BrN4O3S2/c1-19(2)14-15(18-8-7-17-14)23-11-4-3-9-20(10-11)25(21,22)13-6-5-12(16)24-13/h5-8,11H,3-4,9-10H2,1-2H3. The summed E-state index contributed by atoms with van der Waals surface area (Å²) in [5.74, 6) is 1.06. The number of piperidine rings is 1. The quantitative estimate of drug-likeness (QED) is 0.702. The lowest BCUT2D eigenvalue weighted by atomic mass is 10.1. The van der Waals surface area contributed by atoms with E-state index in [1.165, 1.54) is 15.6 Å². The monoisotopic (exact) mass is 446 g/mol. The van der Waals surface area contributed by atoms with Gasteiger partial charge < -0.3 is 9.64 Å². The van der Waals surface area contributed by atoms with Crippen molar-refractivity contribution in [1.82, 2.24) is 14.3 Å². The van der Waals surface area contributed by atoms with Crippen LogP contribution < -0.4 is 9.64 Å². The molecule has 1 unspecified atom stereocenters. The molecule has 10 heteroatoms. The molecule has 0 aromatic carbocycles. The number of rotatable bonds is 5. The van der Waals surface area contributed by atoms with E-state index in [4.69, 9.17) is 4.74 Å². The summed E-state index contributed by atoms with van der Waals surface area (Å²) in [7, 11) is 0.231. The second kappa shape index (κ2) is 7.56. The molecule has 136 valence electrons. The Morgan fingerprint density at radius 3 is 2.76 bits per heavy atom. The molecule has 0 spiro atoms. The molecule has 1 aliphatic rings. The molecule has 0 amide bonds. The Hall–Kier alpha value is -1.23. The third-order valence-corrected chi connectivity index (χ3v) is 7.79. The molecule has 7 nitrogen and oxygen atoms in total. The summed E-state index contributed by atoms with van der Waals surface area (Å²) in [6.45, 7) is 0.806. The van der Waals surface area contributed by atoms with E-state index in [-0.39, 0.29) is 6.10 Å². The van der Waals surface area contributed by atoms with E-state index in [2.05, 4.69) is 25.9 Å². The summed E-state index contributed by atoms with van der Waals surface area (Å²) >= 11 is 4.53. The highest BCUT2D eigenvalue weighted by Gasteiger charge is 2.32. The van der Waals surface area contributed by atoms with Crippen molar-refractivity contribution >= 4 is 43.1 Å². The zero-order valence-electron chi connectivity index (χ0n) is 13.9. The fraction of sp³-hybridized carbons (Fsp3) is 0.467. The van der Waals surface area contributed by atoms with Gasteiger partial charge in [0.15, 0.2) is 5.82 Å². The molecule has 2 aromatic rings. The van der Waals surface area contributed by atoms with Crippen molar-refractivity contribution in [3.63, 3.8) is 0 Å². The summed E-state index contributed by atoms with van der Waals surface area (Å²) in [6.07, 6.45) is 4.46. The molecule has 1 aliphatic heterocycles. The van der Waals surface area contributed by atoms with Crippen molar-refractivity contribution in [2.24, 2.45) is 0 Å². The van der Waals surface area contributed by atoms with Gasteiger partial charge in [-0.1, -0.05) is 0 Å². The largest absolute Gasteiger partial charge is 0.470 e. The first-order valence-electron chi connectivity index (χ1n) is 7.78. The van der Waals surface area contributed by atoms with Crippen LogP contribution in [0.3, 0.4) is 0 Å². The number of hydrogen-bond donors (Lipinski definition) is 0. The highest BCUT2D eigenvalue weighted by molar-refractivity contribution is 9.11. The second-order valence-electron chi connectivity index (χ2n) is 5.88. The lowest BCUT2D eigenvalue weighted by molar-refractivity contribution is 0.125. The van der Waals surface area contributed by atoms with Crippen molar-refractivity contribution in [3.05, 3.63) is 28.3 Å². The number of ether oxygens (including phenoxy) is 1. The first-order chi connectivity index (χ1) is 11.9. The third-order valence-electron chi connectivity index (χ3n) is 3.83. The van der Waals surface area contributed by atoms with Crippen LogP contribution in [0.2, 0.25) is 0 Å². The number of hydrogen-bond acceptors (Lipinski definition) is 7. The second-order valence-corrected chi connectivity index (χ2v) is 10.5. The Labute approximate surface area is 159 Å². The molecule has 3 heterocycles. The smallest absolute Gasteiger partial charge is 0.257 e. The Morgan fingerprint density at radius 1 is 1.32 bits per heavy atom. The Bertz CT molecular complexity index is 841. The Kier molecular flexibility index (Phi) is 5.62. The molecule has 25 heavy (non-hydrogen) atoms. The van der Waals surface area contributed by atoms with Crippen molar-refractivity contribution in [2.45, 2.75) is 23.2 Å². The number of anilines is 1. The fourth-order valence-corrected chi connectivity index (χ4v) is 6.32. The van der Waals surface area contributed by atoms with Gasteiger partial charge in [0.1, 0.15) is 10.3 Å². The lowest BCUT2D eigenvalue weighted by Gasteiger charge is -2.31. The van der Waals surface area contributed by atoms with Crippen LogP contribution in [0.1, 0.15) is 12.8 Å². The molecule has 0 radical (unpaired) electrons. The molecular weight excluding hydrogens is 428 g/mol. The van der Waals surface area contributed by atoms with E-state index in [1.807, 2.05) is 19.0 Å². The molecule has 1 atom stereocenters. The minimum atomic E-state index is -3.50. The van der Waals surface area contributed by atoms with Crippen LogP contribution in [0.25, 0.3) is 0 Å². The van der Waals surface area contributed by atoms with Crippen LogP contribution in [0.15, 0.2) is 32.5 Å². The molecule has 0 aliphatic carbocycles. The van der Waals surface area contributed by atoms with Gasteiger partial charge >= 0.3 is 0 Å². The van der Waals surface area contributed by atoms with Crippen LogP contribution in [0.4, 0.5) is 5.82 Å². The van der Waals surface area contributed by atoms with Crippen molar-refractivity contribution < 1.29 is 13.2 Å². The van der Waals surface area contributed by atoms with E-state index in [1.54, 1.807) is 24.5 Å². The number of nitrogens with zero attached hydrogens (tertiary/aromatic N) is 4. The van der Waals surface area contributed by atoms with E-state index >= 15 is 0 Å². The number of sulfonamides is 1. The van der Waals surface area contributed by atoms with Gasteiger partial charge in [-0.25, -0.2) is 18.4 Å². The molecule has 2 aromatic heterocycles. The first kappa shape index (κ1) is 18.6. The molecular formula is C15H19BrN4O3S2. The normalized spacial score (nSPS) is 18.9. The lowest BCUT2D eigenvalue weighted by Crippen LogP contribution is -2.44. The van der Waals surface area contributed by atoms with Gasteiger partial charge in [-0.2, -0.15) is 4.31 Å². The molecule has 0 bridgehead atoms. The maximum Gasteiger partial charge on any atom is 0.257 e. The zero-order valence-corrected chi connectivity index (χ0v) is 17.1. The van der Waals surface area contributed by atoms with Crippen molar-refractivity contribution in [2.75, 3.05) is 32.1 Å². The van der Waals surface area contributed by atoms with Crippen LogP contribution in [0, 0.1) is 0 Å². The third kappa shape index (κ3) is 4.13. The first-order valence-corrected chi connectivity index (χ1v) is 10.8. The van der Waals surface area contributed by atoms with Gasteiger partial charge in [-0.15, -0.1) is 11.3 Å². The zero-order chi connectivity index (χ0) is 18.0. The van der Waals surface area contributed by atoms with Crippen LogP contribution in [-0.2, 0) is 10.0 Å². The maximum atomic E-state index is 12.8. The predicted molar refractivity (Wildman–Crippen MR) is 101 cm³/mol. The summed E-state index contributed by atoms with van der Waals surface area (Å²) in [6, 6.07) is 3.37. The van der Waals surface area contributed by atoms with Crippen molar-refractivity contribution in [3.8, 4) is 5.88 Å².